The number of hydrogen-bond donors (Lipinski definition) is 2. The van der Waals surface area contributed by atoms with E-state index in [4.69, 9.17) is 27.9 Å². The molecule has 0 atom stereocenters. The van der Waals surface area contributed by atoms with Crippen molar-refractivity contribution in [2.24, 2.45) is 0 Å². The Hall–Kier alpha value is -2.22. The van der Waals surface area contributed by atoms with Gasteiger partial charge in [0, 0.05) is 15.6 Å². The lowest BCUT2D eigenvalue weighted by Gasteiger charge is -2.37. The number of aliphatic hydroxyl groups is 1. The van der Waals surface area contributed by atoms with E-state index in [0.29, 0.717) is 15.6 Å². The molecule has 0 bridgehead atoms. The van der Waals surface area contributed by atoms with Crippen LogP contribution in [0.1, 0.15) is 31.2 Å². The number of ether oxygens (including phenoxy) is 1. The maximum Gasteiger partial charge on any atom is 0.411 e. The number of aliphatic hydroxyl groups excluding tert-OH is 1. The fourth-order valence-electron chi connectivity index (χ4n) is 4.30. The van der Waals surface area contributed by atoms with Gasteiger partial charge < -0.3 is 15.2 Å². The molecule has 1 saturated carbocycles. The minimum Gasteiger partial charge on any atom is -0.509 e. The van der Waals surface area contributed by atoms with Crippen LogP contribution in [0, 0.1) is 0 Å². The van der Waals surface area contributed by atoms with Gasteiger partial charge in [-0.1, -0.05) is 41.4 Å². The van der Waals surface area contributed by atoms with Gasteiger partial charge in [-0.25, -0.2) is 0 Å². The second kappa shape index (κ2) is 8.61. The molecule has 0 saturated heterocycles. The largest absolute Gasteiger partial charge is 0.509 e. The van der Waals surface area contributed by atoms with Crippen LogP contribution in [-0.2, 0) is 9.53 Å². The van der Waals surface area contributed by atoms with Crippen molar-refractivity contribution in [3.05, 3.63) is 63.8 Å². The van der Waals surface area contributed by atoms with Gasteiger partial charge in [-0.05, 0) is 61.1 Å². The van der Waals surface area contributed by atoms with Crippen LogP contribution in [0.2, 0.25) is 10.0 Å². The van der Waals surface area contributed by atoms with Gasteiger partial charge in [0.15, 0.2) is 0 Å². The predicted molar refractivity (Wildman–Crippen MR) is 117 cm³/mol. The molecule has 1 fully saturated rings. The average molecular weight is 486 g/mol. The van der Waals surface area contributed by atoms with Crippen LogP contribution in [0.15, 0.2) is 48.2 Å². The third kappa shape index (κ3) is 4.60. The van der Waals surface area contributed by atoms with Crippen molar-refractivity contribution in [1.29, 1.82) is 0 Å². The lowest BCUT2D eigenvalue weighted by molar-refractivity contribution is -0.188. The van der Waals surface area contributed by atoms with Gasteiger partial charge in [0.05, 0.1) is 17.2 Å². The van der Waals surface area contributed by atoms with Crippen molar-refractivity contribution in [2.75, 3.05) is 6.61 Å². The lowest BCUT2D eigenvalue weighted by Crippen LogP contribution is -2.48. The molecule has 2 aromatic carbocycles. The van der Waals surface area contributed by atoms with Crippen LogP contribution in [-0.4, -0.2) is 35.4 Å². The number of rotatable bonds is 4. The van der Waals surface area contributed by atoms with E-state index in [1.807, 2.05) is 12.1 Å². The molecule has 1 aliphatic carbocycles. The van der Waals surface area contributed by atoms with Crippen LogP contribution < -0.4 is 5.32 Å². The molecule has 2 aromatic rings. The first-order valence-corrected chi connectivity index (χ1v) is 10.8. The van der Waals surface area contributed by atoms with E-state index in [9.17, 15) is 23.1 Å². The maximum atomic E-state index is 12.9. The Balaban J connectivity index is 1.60. The highest BCUT2D eigenvalue weighted by molar-refractivity contribution is 6.36. The third-order valence-corrected chi connectivity index (χ3v) is 6.53. The van der Waals surface area contributed by atoms with E-state index >= 15 is 0 Å². The van der Waals surface area contributed by atoms with Crippen molar-refractivity contribution in [3.63, 3.8) is 0 Å². The summed E-state index contributed by atoms with van der Waals surface area (Å²) in [5, 5.41) is 14.8. The highest BCUT2D eigenvalue weighted by Crippen LogP contribution is 2.44. The Bertz CT molecular complexity index is 1060. The number of halogens is 5. The molecule has 4 rings (SSSR count). The van der Waals surface area contributed by atoms with Gasteiger partial charge in [0.1, 0.15) is 12.4 Å². The Morgan fingerprint density at radius 3 is 2.31 bits per heavy atom. The van der Waals surface area contributed by atoms with Crippen molar-refractivity contribution < 1.29 is 27.8 Å². The first-order valence-electron chi connectivity index (χ1n) is 10.1. The molecule has 32 heavy (non-hydrogen) atoms. The zero-order valence-electron chi connectivity index (χ0n) is 16.8. The number of carbonyl (C=O) groups is 1. The molecular weight excluding hydrogens is 466 g/mol. The highest BCUT2D eigenvalue weighted by Gasteiger charge is 2.48. The Morgan fingerprint density at radius 2 is 1.69 bits per heavy atom. The number of hydrogen-bond acceptors (Lipinski definition) is 3. The molecule has 0 radical (unpaired) electrons. The summed E-state index contributed by atoms with van der Waals surface area (Å²) < 4.78 is 42.2. The minimum atomic E-state index is -4.39. The molecule has 2 N–H and O–H groups in total. The van der Waals surface area contributed by atoms with Gasteiger partial charge in [-0.15, -0.1) is 0 Å². The van der Waals surface area contributed by atoms with Crippen molar-refractivity contribution in [3.8, 4) is 11.1 Å². The second-order valence-electron chi connectivity index (χ2n) is 8.09. The zero-order chi connectivity index (χ0) is 23.1. The molecule has 0 unspecified atom stereocenters. The summed E-state index contributed by atoms with van der Waals surface area (Å²) in [5.41, 5.74) is 1.11. The van der Waals surface area contributed by atoms with E-state index in [1.165, 1.54) is 0 Å². The third-order valence-electron chi connectivity index (χ3n) is 5.95. The van der Waals surface area contributed by atoms with E-state index in [1.54, 1.807) is 30.3 Å². The van der Waals surface area contributed by atoms with Crippen LogP contribution in [0.4, 0.5) is 13.2 Å². The summed E-state index contributed by atoms with van der Waals surface area (Å²) >= 11 is 12.3. The molecule has 1 amide bonds. The number of nitrogens with one attached hydrogen (secondary N) is 1. The topological polar surface area (TPSA) is 58.6 Å². The number of alkyl halides is 3. The van der Waals surface area contributed by atoms with Gasteiger partial charge in [0.25, 0.3) is 5.91 Å². The molecule has 170 valence electrons. The monoisotopic (exact) mass is 485 g/mol. The van der Waals surface area contributed by atoms with Crippen LogP contribution >= 0.6 is 23.2 Å². The standard InChI is InChI=1S/C23H20Cl2F3NO3/c24-15-4-1-13(2-5-15)14-3-6-18(25)17(11-14)19-20(30)22(29-21(19)31)9-7-16(8-10-22)32-12-23(26,27)28/h1-6,11,16,30H,7-10,12H2,(H,29,31). The summed E-state index contributed by atoms with van der Waals surface area (Å²) in [6, 6.07) is 12.4. The van der Waals surface area contributed by atoms with E-state index in [2.05, 4.69) is 5.32 Å². The van der Waals surface area contributed by atoms with Gasteiger partial charge in [-0.2, -0.15) is 13.2 Å². The Kier molecular flexibility index (Phi) is 6.18. The summed E-state index contributed by atoms with van der Waals surface area (Å²) in [6.07, 6.45) is -3.86. The molecule has 1 heterocycles. The fourth-order valence-corrected chi connectivity index (χ4v) is 4.64. The smallest absolute Gasteiger partial charge is 0.411 e. The second-order valence-corrected chi connectivity index (χ2v) is 8.93. The van der Waals surface area contributed by atoms with Crippen molar-refractivity contribution in [2.45, 2.75) is 43.5 Å². The quantitative estimate of drug-likeness (QED) is 0.532. The van der Waals surface area contributed by atoms with E-state index in [0.717, 1.165) is 11.1 Å². The lowest BCUT2D eigenvalue weighted by atomic mass is 9.79. The fraction of sp³-hybridized carbons (Fsp3) is 0.348. The van der Waals surface area contributed by atoms with Crippen molar-refractivity contribution >= 4 is 34.7 Å². The minimum absolute atomic E-state index is 0.0838. The first kappa shape index (κ1) is 23.0. The summed E-state index contributed by atoms with van der Waals surface area (Å²) in [4.78, 5) is 12.9. The van der Waals surface area contributed by atoms with Crippen LogP contribution in [0.3, 0.4) is 0 Å². The predicted octanol–water partition coefficient (Wildman–Crippen LogP) is 6.32. The molecule has 4 nitrogen and oxygen atoms in total. The van der Waals surface area contributed by atoms with Gasteiger partial charge >= 0.3 is 6.18 Å². The first-order chi connectivity index (χ1) is 15.1. The Morgan fingerprint density at radius 1 is 1.06 bits per heavy atom. The maximum absolute atomic E-state index is 12.9. The molecule has 2 aliphatic rings. The van der Waals surface area contributed by atoms with Gasteiger partial charge in [0.2, 0.25) is 0 Å². The van der Waals surface area contributed by atoms with Gasteiger partial charge in [-0.3, -0.25) is 4.79 Å². The molecule has 0 aromatic heterocycles. The summed E-state index contributed by atoms with van der Waals surface area (Å²) in [6.45, 7) is -1.31. The molecule has 1 aliphatic heterocycles. The molecule has 9 heteroatoms. The van der Waals surface area contributed by atoms with E-state index < -0.39 is 30.3 Å². The Labute approximate surface area is 193 Å². The van der Waals surface area contributed by atoms with Crippen LogP contribution in [0.25, 0.3) is 16.7 Å². The van der Waals surface area contributed by atoms with E-state index in [-0.39, 0.29) is 37.0 Å². The average Bonchev–Trinajstić information content (AvgIpc) is 2.97. The zero-order valence-corrected chi connectivity index (χ0v) is 18.3. The van der Waals surface area contributed by atoms with Crippen molar-refractivity contribution in [1.82, 2.24) is 5.32 Å². The molecular formula is C23H20Cl2F3NO3. The highest BCUT2D eigenvalue weighted by atomic mass is 35.5. The normalized spacial score (nSPS) is 23.7. The SMILES string of the molecule is O=C1NC2(CCC(OCC(F)(F)F)CC2)C(O)=C1c1cc(-c2ccc(Cl)cc2)ccc1Cl. The van der Waals surface area contributed by atoms with Crippen LogP contribution in [0.5, 0.6) is 0 Å². The number of carbonyl (C=O) groups excluding carboxylic acids is 1. The number of benzene rings is 2. The molecule has 1 spiro atoms. The summed E-state index contributed by atoms with van der Waals surface area (Å²) in [7, 11) is 0. The number of amides is 1. The summed E-state index contributed by atoms with van der Waals surface area (Å²) in [5.74, 6) is -0.598.